The van der Waals surface area contributed by atoms with Crippen LogP contribution in [0.4, 0.5) is 0 Å². The lowest BCUT2D eigenvalue weighted by molar-refractivity contribution is -0.125. The van der Waals surface area contributed by atoms with Gasteiger partial charge in [-0.05, 0) is 25.1 Å². The van der Waals surface area contributed by atoms with Crippen LogP contribution in [-0.2, 0) is 4.79 Å². The number of amides is 1. The van der Waals surface area contributed by atoms with Crippen molar-refractivity contribution in [3.05, 3.63) is 35.1 Å². The van der Waals surface area contributed by atoms with Crippen LogP contribution >= 0.6 is 11.8 Å². The van der Waals surface area contributed by atoms with E-state index in [1.165, 1.54) is 0 Å². The van der Waals surface area contributed by atoms with Gasteiger partial charge in [0.15, 0.2) is 0 Å². The lowest BCUT2D eigenvalue weighted by atomic mass is 10.3. The molecule has 0 unspecified atom stereocenters. The van der Waals surface area contributed by atoms with Crippen molar-refractivity contribution in [3.63, 3.8) is 0 Å². The molecule has 1 saturated heterocycles. The number of hydrogen-bond acceptors (Lipinski definition) is 3. The highest BCUT2D eigenvalue weighted by Crippen LogP contribution is 2.29. The maximum Gasteiger partial charge on any atom is 0.237 e. The SMILES string of the molecule is CCN1C(=O)CS/C1=C/c1ccccn1. The van der Waals surface area contributed by atoms with E-state index in [-0.39, 0.29) is 5.91 Å². The van der Waals surface area contributed by atoms with Crippen molar-refractivity contribution in [3.8, 4) is 0 Å². The van der Waals surface area contributed by atoms with Crippen molar-refractivity contribution >= 4 is 23.7 Å². The van der Waals surface area contributed by atoms with E-state index in [1.807, 2.05) is 31.2 Å². The molecule has 1 amide bonds. The molecule has 0 N–H and O–H groups in total. The summed E-state index contributed by atoms with van der Waals surface area (Å²) in [4.78, 5) is 17.4. The van der Waals surface area contributed by atoms with Crippen LogP contribution in [0, 0.1) is 0 Å². The first-order valence-electron chi connectivity index (χ1n) is 4.87. The summed E-state index contributed by atoms with van der Waals surface area (Å²) < 4.78 is 0. The summed E-state index contributed by atoms with van der Waals surface area (Å²) >= 11 is 1.58. The first-order chi connectivity index (χ1) is 7.31. The Morgan fingerprint density at radius 2 is 2.47 bits per heavy atom. The molecule has 0 spiro atoms. The first kappa shape index (κ1) is 10.2. The number of carbonyl (C=O) groups excluding carboxylic acids is 1. The monoisotopic (exact) mass is 220 g/mol. The van der Waals surface area contributed by atoms with Crippen LogP contribution in [0.25, 0.3) is 6.08 Å². The lowest BCUT2D eigenvalue weighted by Crippen LogP contribution is -2.23. The van der Waals surface area contributed by atoms with Gasteiger partial charge in [0.25, 0.3) is 0 Å². The summed E-state index contributed by atoms with van der Waals surface area (Å²) in [7, 11) is 0. The molecule has 78 valence electrons. The van der Waals surface area contributed by atoms with Gasteiger partial charge < -0.3 is 4.90 Å². The molecular formula is C11H12N2OS. The van der Waals surface area contributed by atoms with Crippen LogP contribution in [0.1, 0.15) is 12.6 Å². The number of aromatic nitrogens is 1. The van der Waals surface area contributed by atoms with Crippen LogP contribution in [0.3, 0.4) is 0 Å². The Bertz CT molecular complexity index is 389. The second-order valence-electron chi connectivity index (χ2n) is 3.16. The fraction of sp³-hybridized carbons (Fsp3) is 0.273. The zero-order valence-electron chi connectivity index (χ0n) is 8.51. The Morgan fingerprint density at radius 3 is 3.13 bits per heavy atom. The molecule has 1 aliphatic rings. The number of rotatable bonds is 2. The molecular weight excluding hydrogens is 208 g/mol. The van der Waals surface area contributed by atoms with E-state index in [0.717, 1.165) is 17.3 Å². The van der Waals surface area contributed by atoms with Gasteiger partial charge in [-0.15, -0.1) is 0 Å². The fourth-order valence-electron chi connectivity index (χ4n) is 1.45. The Hall–Kier alpha value is -1.29. The number of pyridine rings is 1. The van der Waals surface area contributed by atoms with Crippen molar-refractivity contribution < 1.29 is 4.79 Å². The number of nitrogens with zero attached hydrogens (tertiary/aromatic N) is 2. The predicted molar refractivity (Wildman–Crippen MR) is 62.1 cm³/mol. The number of carbonyl (C=O) groups is 1. The van der Waals surface area contributed by atoms with Crippen molar-refractivity contribution in [2.24, 2.45) is 0 Å². The average Bonchev–Trinajstić information content (AvgIpc) is 2.61. The Labute approximate surface area is 93.2 Å². The smallest absolute Gasteiger partial charge is 0.237 e. The molecule has 0 radical (unpaired) electrons. The van der Waals surface area contributed by atoms with E-state index in [2.05, 4.69) is 4.98 Å². The minimum atomic E-state index is 0.185. The molecule has 1 fully saturated rings. The van der Waals surface area contributed by atoms with Gasteiger partial charge in [0, 0.05) is 12.7 Å². The fourth-order valence-corrected chi connectivity index (χ4v) is 2.47. The van der Waals surface area contributed by atoms with Crippen LogP contribution < -0.4 is 0 Å². The molecule has 2 rings (SSSR count). The van der Waals surface area contributed by atoms with Crippen LogP contribution in [-0.4, -0.2) is 28.1 Å². The van der Waals surface area contributed by atoms with Crippen molar-refractivity contribution in [1.82, 2.24) is 9.88 Å². The van der Waals surface area contributed by atoms with Gasteiger partial charge in [-0.25, -0.2) is 0 Å². The summed E-state index contributed by atoms with van der Waals surface area (Å²) in [5.74, 6) is 0.733. The van der Waals surface area contributed by atoms with E-state index >= 15 is 0 Å². The van der Waals surface area contributed by atoms with Crippen LogP contribution in [0.15, 0.2) is 29.4 Å². The van der Waals surface area contributed by atoms with E-state index in [4.69, 9.17) is 0 Å². The molecule has 1 aromatic rings. The topological polar surface area (TPSA) is 33.2 Å². The molecule has 3 nitrogen and oxygen atoms in total. The van der Waals surface area contributed by atoms with E-state index in [9.17, 15) is 4.79 Å². The predicted octanol–water partition coefficient (Wildman–Crippen LogP) is 1.98. The van der Waals surface area contributed by atoms with Crippen molar-refractivity contribution in [2.45, 2.75) is 6.92 Å². The van der Waals surface area contributed by atoms with Gasteiger partial charge in [-0.1, -0.05) is 17.8 Å². The zero-order valence-corrected chi connectivity index (χ0v) is 9.33. The molecule has 4 heteroatoms. The molecule has 0 aliphatic carbocycles. The highest BCUT2D eigenvalue weighted by molar-refractivity contribution is 8.04. The lowest BCUT2D eigenvalue weighted by Gasteiger charge is -2.13. The summed E-state index contributed by atoms with van der Waals surface area (Å²) in [6, 6.07) is 5.76. The van der Waals surface area contributed by atoms with Crippen molar-refractivity contribution in [2.75, 3.05) is 12.3 Å². The molecule has 0 saturated carbocycles. The molecule has 0 atom stereocenters. The number of thioether (sulfide) groups is 1. The summed E-state index contributed by atoms with van der Waals surface area (Å²) in [5.41, 5.74) is 0.896. The standard InChI is InChI=1S/C11H12N2OS/c1-2-13-10(14)8-15-11(13)7-9-5-3-4-6-12-9/h3-7H,2,8H2,1H3/b11-7+. The third kappa shape index (κ3) is 2.21. The van der Waals surface area contributed by atoms with Gasteiger partial charge in [0.05, 0.1) is 16.5 Å². The second kappa shape index (κ2) is 4.49. The van der Waals surface area contributed by atoms with Gasteiger partial charge in [-0.2, -0.15) is 0 Å². The third-order valence-corrected chi connectivity index (χ3v) is 3.21. The third-order valence-electron chi connectivity index (χ3n) is 2.19. The van der Waals surface area contributed by atoms with E-state index in [0.29, 0.717) is 5.75 Å². The molecule has 1 aromatic heterocycles. The molecule has 15 heavy (non-hydrogen) atoms. The van der Waals surface area contributed by atoms with E-state index in [1.54, 1.807) is 22.9 Å². The maximum atomic E-state index is 11.4. The molecule has 1 aliphatic heterocycles. The van der Waals surface area contributed by atoms with Gasteiger partial charge >= 0.3 is 0 Å². The summed E-state index contributed by atoms with van der Waals surface area (Å²) in [6.45, 7) is 2.71. The molecule has 0 bridgehead atoms. The minimum absolute atomic E-state index is 0.185. The maximum absolute atomic E-state index is 11.4. The Kier molecular flexibility index (Phi) is 3.06. The largest absolute Gasteiger partial charge is 0.306 e. The first-order valence-corrected chi connectivity index (χ1v) is 5.85. The summed E-state index contributed by atoms with van der Waals surface area (Å²) in [5, 5.41) is 1.00. The van der Waals surface area contributed by atoms with Crippen LogP contribution in [0.5, 0.6) is 0 Å². The zero-order chi connectivity index (χ0) is 10.7. The van der Waals surface area contributed by atoms with Crippen molar-refractivity contribution in [1.29, 1.82) is 0 Å². The quantitative estimate of drug-likeness (QED) is 0.764. The second-order valence-corrected chi connectivity index (χ2v) is 4.16. The van der Waals surface area contributed by atoms with Gasteiger partial charge in [-0.3, -0.25) is 9.78 Å². The minimum Gasteiger partial charge on any atom is -0.306 e. The molecule has 2 heterocycles. The van der Waals surface area contributed by atoms with Gasteiger partial charge in [0.2, 0.25) is 5.91 Å². The highest BCUT2D eigenvalue weighted by Gasteiger charge is 2.24. The Morgan fingerprint density at radius 1 is 1.60 bits per heavy atom. The Balaban J connectivity index is 2.24. The van der Waals surface area contributed by atoms with Crippen LogP contribution in [0.2, 0.25) is 0 Å². The highest BCUT2D eigenvalue weighted by atomic mass is 32.2. The normalized spacial score (nSPS) is 18.9. The number of hydrogen-bond donors (Lipinski definition) is 0. The summed E-state index contributed by atoms with van der Waals surface area (Å²) in [6.07, 6.45) is 3.71. The van der Waals surface area contributed by atoms with Gasteiger partial charge in [0.1, 0.15) is 0 Å². The van der Waals surface area contributed by atoms with E-state index < -0.39 is 0 Å². The average molecular weight is 220 g/mol. The molecule has 0 aromatic carbocycles.